The number of urea groups is 1. The van der Waals surface area contributed by atoms with Crippen LogP contribution in [0.15, 0.2) is 69.8 Å². The quantitative estimate of drug-likeness (QED) is 0.388. The molecule has 194 valence electrons. The number of benzene rings is 2. The predicted octanol–water partition coefficient (Wildman–Crippen LogP) is 6.06. The summed E-state index contributed by atoms with van der Waals surface area (Å²) >= 11 is 1.79. The first-order valence-corrected chi connectivity index (χ1v) is 12.9. The van der Waals surface area contributed by atoms with Crippen LogP contribution in [0.2, 0.25) is 0 Å². The lowest BCUT2D eigenvalue weighted by Crippen LogP contribution is -2.35. The second-order valence-electron chi connectivity index (χ2n) is 9.98. The van der Waals surface area contributed by atoms with Gasteiger partial charge >= 0.3 is 6.03 Å². The number of aromatic nitrogens is 1. The van der Waals surface area contributed by atoms with Crippen molar-refractivity contribution in [3.05, 3.63) is 71.7 Å². The number of para-hydroxylation sites is 1. The highest BCUT2D eigenvalue weighted by Gasteiger charge is 2.38. The average molecular weight is 522 g/mol. The number of anilines is 2. The highest BCUT2D eigenvalue weighted by Crippen LogP contribution is 2.50. The molecule has 2 aliphatic rings. The molecule has 2 amide bonds. The van der Waals surface area contributed by atoms with E-state index in [2.05, 4.69) is 50.8 Å². The third-order valence-electron chi connectivity index (χ3n) is 6.15. The van der Waals surface area contributed by atoms with E-state index in [-0.39, 0.29) is 23.5 Å². The highest BCUT2D eigenvalue weighted by atomic mass is 32.2. The SMILES string of the molecule is COCN1C(C)=CN2c3cc(Oc4ccccc4CNC(=O)Nc4cc(C(C)(C)C)no4)ccc3SC12. The number of nitrogens with one attached hydrogen (secondary N) is 2. The standard InChI is InChI=1S/C27H31N5O4S/c1-17-15-31-20-12-19(10-11-22(20)37-26(31)32(17)16-34-5)35-21-9-7-6-8-18(21)14-28-25(33)29-24-13-23(30-36-24)27(2,3)4/h6-13,15,26H,14,16H2,1-5H3,(H2,28,29,33). The summed E-state index contributed by atoms with van der Waals surface area (Å²) in [6.07, 6.45) is 2.14. The van der Waals surface area contributed by atoms with Crippen molar-refractivity contribution in [1.82, 2.24) is 15.4 Å². The van der Waals surface area contributed by atoms with Gasteiger partial charge in [0.1, 0.15) is 18.2 Å². The van der Waals surface area contributed by atoms with Gasteiger partial charge < -0.3 is 29.1 Å². The fraction of sp³-hybridized carbons (Fsp3) is 0.333. The van der Waals surface area contributed by atoms with Crippen LogP contribution in [-0.2, 0) is 16.7 Å². The largest absolute Gasteiger partial charge is 0.457 e. The number of fused-ring (bicyclic) bond motifs is 3. The van der Waals surface area contributed by atoms with Crippen molar-refractivity contribution in [3.63, 3.8) is 0 Å². The number of amides is 2. The van der Waals surface area contributed by atoms with Crippen molar-refractivity contribution in [2.45, 2.75) is 50.0 Å². The number of carbonyl (C=O) groups excluding carboxylic acids is 1. The highest BCUT2D eigenvalue weighted by molar-refractivity contribution is 8.00. The number of rotatable bonds is 7. The smallest absolute Gasteiger partial charge is 0.321 e. The lowest BCUT2D eigenvalue weighted by atomic mass is 9.92. The summed E-state index contributed by atoms with van der Waals surface area (Å²) in [5.74, 6) is 1.70. The summed E-state index contributed by atoms with van der Waals surface area (Å²) in [7, 11) is 1.71. The molecule has 0 bridgehead atoms. The van der Waals surface area contributed by atoms with Gasteiger partial charge in [-0.25, -0.2) is 4.79 Å². The Morgan fingerprint density at radius 1 is 1.19 bits per heavy atom. The Morgan fingerprint density at radius 3 is 2.76 bits per heavy atom. The van der Waals surface area contributed by atoms with Gasteiger partial charge in [-0.1, -0.05) is 55.9 Å². The number of allylic oxidation sites excluding steroid dienone is 1. The van der Waals surface area contributed by atoms with Crippen molar-refractivity contribution < 1.29 is 18.8 Å². The Balaban J connectivity index is 1.24. The molecule has 0 fully saturated rings. The molecule has 0 aliphatic carbocycles. The first-order valence-electron chi connectivity index (χ1n) is 12.0. The second kappa shape index (κ2) is 10.0. The molecular formula is C27H31N5O4S. The van der Waals surface area contributed by atoms with Crippen molar-refractivity contribution in [2.24, 2.45) is 0 Å². The van der Waals surface area contributed by atoms with Crippen LogP contribution in [0.1, 0.15) is 39.0 Å². The van der Waals surface area contributed by atoms with Gasteiger partial charge in [0.2, 0.25) is 5.88 Å². The Kier molecular flexibility index (Phi) is 6.78. The fourth-order valence-electron chi connectivity index (χ4n) is 4.15. The van der Waals surface area contributed by atoms with Crippen molar-refractivity contribution in [1.29, 1.82) is 0 Å². The van der Waals surface area contributed by atoms with Crippen LogP contribution in [0.5, 0.6) is 11.5 Å². The van der Waals surface area contributed by atoms with E-state index < -0.39 is 0 Å². The first-order chi connectivity index (χ1) is 17.7. The first kappa shape index (κ1) is 25.0. The molecule has 2 aromatic carbocycles. The molecule has 0 saturated carbocycles. The van der Waals surface area contributed by atoms with Crippen LogP contribution >= 0.6 is 11.8 Å². The van der Waals surface area contributed by atoms with Crippen LogP contribution in [-0.4, -0.2) is 35.4 Å². The van der Waals surface area contributed by atoms with Gasteiger partial charge in [0.15, 0.2) is 5.50 Å². The molecule has 37 heavy (non-hydrogen) atoms. The number of ether oxygens (including phenoxy) is 2. The lowest BCUT2D eigenvalue weighted by molar-refractivity contribution is 0.0880. The summed E-state index contributed by atoms with van der Waals surface area (Å²) in [4.78, 5) is 18.1. The van der Waals surface area contributed by atoms with Crippen molar-refractivity contribution >= 4 is 29.4 Å². The number of hydrogen-bond donors (Lipinski definition) is 2. The number of nitrogens with zero attached hydrogens (tertiary/aromatic N) is 3. The van der Waals surface area contributed by atoms with E-state index >= 15 is 0 Å². The van der Waals surface area contributed by atoms with Crippen molar-refractivity contribution in [3.8, 4) is 11.5 Å². The molecule has 2 aliphatic heterocycles. The summed E-state index contributed by atoms with van der Waals surface area (Å²) in [5.41, 5.74) is 3.85. The minimum atomic E-state index is -0.385. The molecule has 9 nitrogen and oxygen atoms in total. The van der Waals surface area contributed by atoms with Gasteiger partial charge in [-0.05, 0) is 25.1 Å². The molecule has 1 unspecified atom stereocenters. The molecule has 0 spiro atoms. The fourth-order valence-corrected chi connectivity index (χ4v) is 5.45. The van der Waals surface area contributed by atoms with Gasteiger partial charge in [-0.2, -0.15) is 0 Å². The van der Waals surface area contributed by atoms with Crippen LogP contribution in [0.3, 0.4) is 0 Å². The third kappa shape index (κ3) is 5.26. The number of carbonyl (C=O) groups is 1. The molecule has 2 N–H and O–H groups in total. The lowest BCUT2D eigenvalue weighted by Gasteiger charge is -2.27. The minimum absolute atomic E-state index is 0.143. The Morgan fingerprint density at radius 2 is 2.00 bits per heavy atom. The maximum absolute atomic E-state index is 12.5. The van der Waals surface area contributed by atoms with Gasteiger partial charge in [-0.3, -0.25) is 5.32 Å². The third-order valence-corrected chi connectivity index (χ3v) is 7.44. The summed E-state index contributed by atoms with van der Waals surface area (Å²) in [6.45, 7) is 9.00. The predicted molar refractivity (Wildman–Crippen MR) is 144 cm³/mol. The second-order valence-corrected chi connectivity index (χ2v) is 11.1. The monoisotopic (exact) mass is 521 g/mol. The molecule has 3 heterocycles. The van der Waals surface area contributed by atoms with Gasteiger partial charge in [0, 0.05) is 53.6 Å². The molecule has 1 aromatic heterocycles. The maximum atomic E-state index is 12.5. The summed E-state index contributed by atoms with van der Waals surface area (Å²) in [6, 6.07) is 15.1. The summed E-state index contributed by atoms with van der Waals surface area (Å²) < 4.78 is 16.9. The Bertz CT molecular complexity index is 1330. The van der Waals surface area contributed by atoms with Gasteiger partial charge in [0.25, 0.3) is 0 Å². The molecule has 0 radical (unpaired) electrons. The average Bonchev–Trinajstić information content (AvgIpc) is 3.54. The summed E-state index contributed by atoms with van der Waals surface area (Å²) in [5, 5.41) is 9.58. The van der Waals surface area contributed by atoms with E-state index in [4.69, 9.17) is 14.0 Å². The molecule has 0 saturated heterocycles. The van der Waals surface area contributed by atoms with E-state index in [1.54, 1.807) is 24.9 Å². The van der Waals surface area contributed by atoms with E-state index in [9.17, 15) is 4.79 Å². The van der Waals surface area contributed by atoms with Gasteiger partial charge in [-0.15, -0.1) is 0 Å². The topological polar surface area (TPSA) is 92.1 Å². The van der Waals surface area contributed by atoms with Crippen LogP contribution in [0, 0.1) is 0 Å². The number of hydrogen-bond acceptors (Lipinski definition) is 8. The maximum Gasteiger partial charge on any atom is 0.321 e. The molecule has 10 heteroatoms. The van der Waals surface area contributed by atoms with E-state index in [0.717, 1.165) is 28.4 Å². The van der Waals surface area contributed by atoms with E-state index in [0.29, 0.717) is 18.4 Å². The Labute approximate surface area is 220 Å². The zero-order valence-corrected chi connectivity index (χ0v) is 22.4. The molecular weight excluding hydrogens is 490 g/mol. The zero-order valence-electron chi connectivity index (χ0n) is 21.6. The normalized spacial score (nSPS) is 16.4. The number of thioether (sulfide) groups is 1. The number of methoxy groups -OCH3 is 1. The molecule has 1 atom stereocenters. The van der Waals surface area contributed by atoms with E-state index in [1.165, 1.54) is 4.90 Å². The van der Waals surface area contributed by atoms with Crippen LogP contribution < -0.4 is 20.3 Å². The van der Waals surface area contributed by atoms with E-state index in [1.807, 2.05) is 51.1 Å². The van der Waals surface area contributed by atoms with Crippen molar-refractivity contribution in [2.75, 3.05) is 24.1 Å². The minimum Gasteiger partial charge on any atom is -0.457 e. The van der Waals surface area contributed by atoms with Gasteiger partial charge in [0.05, 0.1) is 11.4 Å². The molecule has 3 aromatic rings. The van der Waals surface area contributed by atoms with Crippen LogP contribution in [0.4, 0.5) is 16.4 Å². The van der Waals surface area contributed by atoms with Crippen LogP contribution in [0.25, 0.3) is 0 Å². The molecule has 5 rings (SSSR count). The zero-order chi connectivity index (χ0) is 26.2. The Hall–Kier alpha value is -3.63.